The maximum atomic E-state index is 12.6. The third-order valence-corrected chi connectivity index (χ3v) is 4.55. The van der Waals surface area contributed by atoms with Crippen molar-refractivity contribution in [2.24, 2.45) is 0 Å². The molecule has 1 aliphatic heterocycles. The van der Waals surface area contributed by atoms with Crippen LogP contribution in [0, 0.1) is 0 Å². The zero-order valence-electron chi connectivity index (χ0n) is 15.7. The molecule has 0 aliphatic carbocycles. The Bertz CT molecular complexity index is 804. The second-order valence-corrected chi connectivity index (χ2v) is 6.55. The molecule has 1 unspecified atom stereocenters. The lowest BCUT2D eigenvalue weighted by Crippen LogP contribution is -3.12. The van der Waals surface area contributed by atoms with Crippen LogP contribution in [0.1, 0.15) is 12.5 Å². The van der Waals surface area contributed by atoms with Crippen LogP contribution in [0.4, 0.5) is 5.69 Å². The van der Waals surface area contributed by atoms with Crippen molar-refractivity contribution in [1.29, 1.82) is 0 Å². The first kappa shape index (κ1) is 18.8. The molecule has 3 rings (SSSR count). The van der Waals surface area contributed by atoms with E-state index in [0.717, 1.165) is 22.8 Å². The number of benzene rings is 2. The highest BCUT2D eigenvalue weighted by Crippen LogP contribution is 2.34. The Hall–Kier alpha value is -2.99. The first-order valence-corrected chi connectivity index (χ1v) is 8.92. The van der Waals surface area contributed by atoms with Crippen LogP contribution in [0.25, 0.3) is 0 Å². The average Bonchev–Trinajstić information content (AvgIpc) is 3.14. The lowest BCUT2D eigenvalue weighted by Gasteiger charge is -2.21. The normalized spacial score (nSPS) is 14.3. The van der Waals surface area contributed by atoms with Crippen molar-refractivity contribution < 1.29 is 23.9 Å². The smallest absolute Gasteiger partial charge is 0.282 e. The minimum absolute atomic E-state index is 0.0442. The van der Waals surface area contributed by atoms with Crippen LogP contribution in [0.3, 0.4) is 0 Å². The topological polar surface area (TPSA) is 61.2 Å². The zero-order chi connectivity index (χ0) is 19.2. The molecule has 1 amide bonds. The summed E-state index contributed by atoms with van der Waals surface area (Å²) >= 11 is 0. The van der Waals surface area contributed by atoms with E-state index in [9.17, 15) is 4.79 Å². The first-order chi connectivity index (χ1) is 13.1. The van der Waals surface area contributed by atoms with Crippen molar-refractivity contribution in [3.05, 3.63) is 60.7 Å². The molecule has 0 bridgehead atoms. The summed E-state index contributed by atoms with van der Waals surface area (Å²) in [7, 11) is 2.01. The van der Waals surface area contributed by atoms with Crippen LogP contribution in [-0.4, -0.2) is 32.4 Å². The number of hydrogen-bond donors (Lipinski definition) is 2. The highest BCUT2D eigenvalue weighted by molar-refractivity contribution is 5.93. The predicted octanol–water partition coefficient (Wildman–Crippen LogP) is 2.02. The molecule has 6 nitrogen and oxygen atoms in total. The average molecular weight is 369 g/mol. The number of hydrogen-bond acceptors (Lipinski definition) is 4. The lowest BCUT2D eigenvalue weighted by molar-refractivity contribution is -0.907. The summed E-state index contributed by atoms with van der Waals surface area (Å²) in [4.78, 5) is 13.7. The molecule has 27 heavy (non-hydrogen) atoms. The molecule has 0 saturated heterocycles. The summed E-state index contributed by atoms with van der Waals surface area (Å²) in [5.41, 5.74) is 1.84. The Morgan fingerprint density at radius 2 is 2.00 bits per heavy atom. The number of amides is 1. The van der Waals surface area contributed by atoms with Gasteiger partial charge in [0.25, 0.3) is 5.91 Å². The van der Waals surface area contributed by atoms with Gasteiger partial charge < -0.3 is 24.4 Å². The van der Waals surface area contributed by atoms with Crippen LogP contribution in [0.2, 0.25) is 0 Å². The number of carbonyl (C=O) groups is 1. The lowest BCUT2D eigenvalue weighted by atomic mass is 10.1. The van der Waals surface area contributed by atoms with E-state index in [2.05, 4.69) is 11.9 Å². The van der Waals surface area contributed by atoms with Crippen LogP contribution in [-0.2, 0) is 11.3 Å². The van der Waals surface area contributed by atoms with Crippen molar-refractivity contribution in [2.75, 3.05) is 25.8 Å². The molecule has 142 valence electrons. The third kappa shape index (κ3) is 4.80. The van der Waals surface area contributed by atoms with Gasteiger partial charge in [-0.15, -0.1) is 0 Å². The molecule has 1 heterocycles. The van der Waals surface area contributed by atoms with Crippen LogP contribution in [0.5, 0.6) is 17.2 Å². The van der Waals surface area contributed by atoms with Gasteiger partial charge in [0, 0.05) is 17.3 Å². The summed E-state index contributed by atoms with van der Waals surface area (Å²) < 4.78 is 16.1. The summed E-state index contributed by atoms with van der Waals surface area (Å²) in [5, 5.41) is 2.95. The molecular formula is C21H25N2O4+. The van der Waals surface area contributed by atoms with Crippen molar-refractivity contribution >= 4 is 11.6 Å². The molecule has 0 aromatic heterocycles. The van der Waals surface area contributed by atoms with Gasteiger partial charge in [-0.1, -0.05) is 12.7 Å². The molecule has 6 heteroatoms. The highest BCUT2D eigenvalue weighted by Gasteiger charge is 2.23. The van der Waals surface area contributed by atoms with E-state index in [-0.39, 0.29) is 18.7 Å². The van der Waals surface area contributed by atoms with Crippen molar-refractivity contribution in [2.45, 2.75) is 19.5 Å². The molecule has 0 fully saturated rings. The SMILES string of the molecule is C=CCOc1ccc(C[NH+](C)[C@H](C)C(=O)Nc2ccc3c(c2)OCO3)cc1. The van der Waals surface area contributed by atoms with E-state index < -0.39 is 0 Å². The van der Waals surface area contributed by atoms with Crippen LogP contribution in [0.15, 0.2) is 55.1 Å². The van der Waals surface area contributed by atoms with Crippen LogP contribution < -0.4 is 24.4 Å². The molecule has 0 spiro atoms. The van der Waals surface area contributed by atoms with Gasteiger partial charge in [-0.25, -0.2) is 0 Å². The number of ether oxygens (including phenoxy) is 3. The summed E-state index contributed by atoms with van der Waals surface area (Å²) in [5.74, 6) is 2.12. The number of rotatable bonds is 8. The van der Waals surface area contributed by atoms with Crippen molar-refractivity contribution in [3.63, 3.8) is 0 Å². The number of nitrogens with one attached hydrogen (secondary N) is 2. The van der Waals surface area contributed by atoms with E-state index in [1.165, 1.54) is 0 Å². The highest BCUT2D eigenvalue weighted by atomic mass is 16.7. The van der Waals surface area contributed by atoms with Gasteiger partial charge in [0.15, 0.2) is 17.5 Å². The summed E-state index contributed by atoms with van der Waals surface area (Å²) in [6, 6.07) is 13.1. The number of anilines is 1. The third-order valence-electron chi connectivity index (χ3n) is 4.55. The second-order valence-electron chi connectivity index (χ2n) is 6.55. The second kappa shape index (κ2) is 8.60. The van der Waals surface area contributed by atoms with E-state index in [1.807, 2.05) is 44.3 Å². The molecule has 2 aromatic rings. The van der Waals surface area contributed by atoms with Gasteiger partial charge in [-0.2, -0.15) is 0 Å². The molecule has 0 saturated carbocycles. The molecule has 2 N–H and O–H groups in total. The monoisotopic (exact) mass is 369 g/mol. The Morgan fingerprint density at radius 1 is 1.26 bits per heavy atom. The quantitative estimate of drug-likeness (QED) is 0.699. The fourth-order valence-electron chi connectivity index (χ4n) is 2.78. The number of quaternary nitrogens is 1. The minimum atomic E-state index is -0.216. The standard InChI is InChI=1S/C21H24N2O4/c1-4-11-25-18-8-5-16(6-9-18)13-23(3)15(2)21(24)22-17-7-10-19-20(12-17)27-14-26-19/h4-10,12,15H,1,11,13-14H2,2-3H3,(H,22,24)/p+1/t15-/m1/s1. The van der Waals surface area contributed by atoms with Crippen LogP contribution >= 0.6 is 0 Å². The minimum Gasteiger partial charge on any atom is -0.490 e. The Kier molecular flexibility index (Phi) is 5.98. The first-order valence-electron chi connectivity index (χ1n) is 8.92. The molecule has 2 aromatic carbocycles. The fraction of sp³-hybridized carbons (Fsp3) is 0.286. The molecule has 0 radical (unpaired) electrons. The maximum absolute atomic E-state index is 12.6. The number of fused-ring (bicyclic) bond motifs is 1. The number of carbonyl (C=O) groups excluding carboxylic acids is 1. The number of likely N-dealkylation sites (N-methyl/N-ethyl adjacent to an activating group) is 1. The van der Waals surface area contributed by atoms with Gasteiger partial charge in [0.2, 0.25) is 6.79 Å². The van der Waals surface area contributed by atoms with E-state index >= 15 is 0 Å². The van der Waals surface area contributed by atoms with Crippen molar-refractivity contribution in [3.8, 4) is 17.2 Å². The van der Waals surface area contributed by atoms with Gasteiger partial charge in [0.05, 0.1) is 7.05 Å². The maximum Gasteiger partial charge on any atom is 0.282 e. The predicted molar refractivity (Wildman–Crippen MR) is 103 cm³/mol. The van der Waals surface area contributed by atoms with Gasteiger partial charge in [0.1, 0.15) is 18.9 Å². The van der Waals surface area contributed by atoms with Crippen molar-refractivity contribution in [1.82, 2.24) is 0 Å². The van der Waals surface area contributed by atoms with Gasteiger partial charge in [-0.3, -0.25) is 4.79 Å². The summed E-state index contributed by atoms with van der Waals surface area (Å²) in [6.45, 7) is 6.99. The molecule has 2 atom stereocenters. The van der Waals surface area contributed by atoms with E-state index in [0.29, 0.717) is 23.8 Å². The van der Waals surface area contributed by atoms with Gasteiger partial charge in [-0.05, 0) is 43.3 Å². The van der Waals surface area contributed by atoms with E-state index in [1.54, 1.807) is 18.2 Å². The largest absolute Gasteiger partial charge is 0.490 e. The zero-order valence-corrected chi connectivity index (χ0v) is 15.7. The Balaban J connectivity index is 1.55. The van der Waals surface area contributed by atoms with E-state index in [4.69, 9.17) is 14.2 Å². The Morgan fingerprint density at radius 3 is 2.74 bits per heavy atom. The summed E-state index contributed by atoms with van der Waals surface area (Å²) in [6.07, 6.45) is 1.71. The Labute approximate surface area is 159 Å². The van der Waals surface area contributed by atoms with Gasteiger partial charge >= 0.3 is 0 Å². The molecular weight excluding hydrogens is 344 g/mol. The fourth-order valence-corrected chi connectivity index (χ4v) is 2.78. The molecule has 1 aliphatic rings.